The summed E-state index contributed by atoms with van der Waals surface area (Å²) in [5, 5.41) is 7.95. The van der Waals surface area contributed by atoms with Crippen molar-refractivity contribution >= 4 is 23.6 Å². The standard InChI is InChI=1S/C20H17F2N5OS/c1-11-16(18(23)28)17(12-6-8-14(21)9-7-12)27-19(24-11)25-20(26-27)29-10-13-4-2-3-5-15(13)22/h2-9,17H,10H2,1H3,(H2,23,28)(H,24,25,26)/t17-/m0/s1. The molecular weight excluding hydrogens is 396 g/mol. The molecule has 1 aliphatic heterocycles. The summed E-state index contributed by atoms with van der Waals surface area (Å²) in [6.45, 7) is 1.72. The molecule has 4 rings (SSSR count). The number of aromatic nitrogens is 3. The molecule has 0 saturated heterocycles. The number of nitrogens with zero attached hydrogens (tertiary/aromatic N) is 3. The van der Waals surface area contributed by atoms with Crippen molar-refractivity contribution in [1.29, 1.82) is 0 Å². The van der Waals surface area contributed by atoms with E-state index < -0.39 is 11.9 Å². The minimum Gasteiger partial charge on any atom is -0.366 e. The van der Waals surface area contributed by atoms with Crippen molar-refractivity contribution in [2.24, 2.45) is 5.73 Å². The van der Waals surface area contributed by atoms with Gasteiger partial charge in [-0.1, -0.05) is 42.1 Å². The summed E-state index contributed by atoms with van der Waals surface area (Å²) < 4.78 is 28.8. The van der Waals surface area contributed by atoms with Gasteiger partial charge in [0.25, 0.3) is 0 Å². The predicted octanol–water partition coefficient (Wildman–Crippen LogP) is 3.62. The number of nitrogens with one attached hydrogen (secondary N) is 1. The number of rotatable bonds is 5. The normalized spacial score (nSPS) is 15.8. The zero-order valence-corrected chi connectivity index (χ0v) is 16.2. The first-order chi connectivity index (χ1) is 13.9. The van der Waals surface area contributed by atoms with Crippen LogP contribution in [0.1, 0.15) is 24.1 Å². The second kappa shape index (κ2) is 7.67. The summed E-state index contributed by atoms with van der Waals surface area (Å²) in [6, 6.07) is 11.7. The number of fused-ring (bicyclic) bond motifs is 1. The summed E-state index contributed by atoms with van der Waals surface area (Å²) in [5.74, 6) is -0.500. The fourth-order valence-corrected chi connectivity index (χ4v) is 4.04. The molecule has 0 fully saturated rings. The lowest BCUT2D eigenvalue weighted by Gasteiger charge is -2.27. The molecule has 3 N–H and O–H groups in total. The second-order valence-electron chi connectivity index (χ2n) is 6.52. The molecule has 2 aromatic carbocycles. The van der Waals surface area contributed by atoms with Gasteiger partial charge in [0, 0.05) is 11.4 Å². The molecule has 0 radical (unpaired) electrons. The Morgan fingerprint density at radius 2 is 1.93 bits per heavy atom. The molecule has 0 bridgehead atoms. The van der Waals surface area contributed by atoms with Crippen LogP contribution in [0.3, 0.4) is 0 Å². The predicted molar refractivity (Wildman–Crippen MR) is 106 cm³/mol. The number of nitrogens with two attached hydrogens (primary N) is 1. The lowest BCUT2D eigenvalue weighted by atomic mass is 9.95. The smallest absolute Gasteiger partial charge is 0.248 e. The zero-order valence-electron chi connectivity index (χ0n) is 15.4. The quantitative estimate of drug-likeness (QED) is 0.624. The Labute approximate surface area is 169 Å². The number of halogens is 2. The summed E-state index contributed by atoms with van der Waals surface area (Å²) in [7, 11) is 0. The maximum Gasteiger partial charge on any atom is 0.248 e. The van der Waals surface area contributed by atoms with Gasteiger partial charge in [-0.15, -0.1) is 5.10 Å². The van der Waals surface area contributed by atoms with Gasteiger partial charge in [0.15, 0.2) is 0 Å². The Bertz CT molecular complexity index is 1110. The molecule has 0 saturated carbocycles. The Morgan fingerprint density at radius 1 is 1.21 bits per heavy atom. The minimum absolute atomic E-state index is 0.292. The molecule has 1 amide bonds. The van der Waals surface area contributed by atoms with Crippen molar-refractivity contribution in [1.82, 2.24) is 14.8 Å². The van der Waals surface area contributed by atoms with E-state index in [2.05, 4.69) is 15.4 Å². The van der Waals surface area contributed by atoms with E-state index in [1.54, 1.807) is 41.9 Å². The van der Waals surface area contributed by atoms with E-state index >= 15 is 0 Å². The number of hydrogen-bond acceptors (Lipinski definition) is 5. The zero-order chi connectivity index (χ0) is 20.5. The largest absolute Gasteiger partial charge is 0.366 e. The first-order valence-electron chi connectivity index (χ1n) is 8.80. The number of amides is 1. The first-order valence-corrected chi connectivity index (χ1v) is 9.78. The first kappa shape index (κ1) is 19.1. The van der Waals surface area contributed by atoms with Gasteiger partial charge in [0.05, 0.1) is 5.57 Å². The highest BCUT2D eigenvalue weighted by molar-refractivity contribution is 7.98. The van der Waals surface area contributed by atoms with Crippen LogP contribution in [0.5, 0.6) is 0 Å². The van der Waals surface area contributed by atoms with Crippen LogP contribution in [0.4, 0.5) is 14.7 Å². The fourth-order valence-electron chi connectivity index (χ4n) is 3.22. The third-order valence-corrected chi connectivity index (χ3v) is 5.49. The van der Waals surface area contributed by atoms with E-state index in [1.807, 2.05) is 0 Å². The van der Waals surface area contributed by atoms with E-state index in [1.165, 1.54) is 30.0 Å². The van der Waals surface area contributed by atoms with Gasteiger partial charge in [-0.25, -0.2) is 13.5 Å². The van der Waals surface area contributed by atoms with Gasteiger partial charge in [-0.3, -0.25) is 4.79 Å². The van der Waals surface area contributed by atoms with Crippen LogP contribution in [0.25, 0.3) is 0 Å². The third kappa shape index (κ3) is 3.73. The molecule has 0 spiro atoms. The summed E-state index contributed by atoms with van der Waals surface area (Å²) in [6.07, 6.45) is 0. The molecule has 6 nitrogen and oxygen atoms in total. The van der Waals surface area contributed by atoms with Gasteiger partial charge >= 0.3 is 0 Å². The SMILES string of the molecule is CC1=C(C(N)=O)[C@H](c2ccc(F)cc2)n2nc(SCc3ccccc3F)nc2N1. The molecule has 9 heteroatoms. The number of benzene rings is 2. The third-order valence-electron chi connectivity index (χ3n) is 4.60. The van der Waals surface area contributed by atoms with E-state index in [0.29, 0.717) is 39.3 Å². The van der Waals surface area contributed by atoms with E-state index in [9.17, 15) is 13.6 Å². The Kier molecular flexibility index (Phi) is 5.06. The average Bonchev–Trinajstić information content (AvgIpc) is 3.09. The monoisotopic (exact) mass is 413 g/mol. The molecule has 1 aliphatic rings. The molecule has 29 heavy (non-hydrogen) atoms. The summed E-state index contributed by atoms with van der Waals surface area (Å²) in [5.41, 5.74) is 7.68. The Hall–Kier alpha value is -3.20. The van der Waals surface area contributed by atoms with E-state index in [0.717, 1.165) is 0 Å². The molecule has 1 aromatic heterocycles. The van der Waals surface area contributed by atoms with Gasteiger partial charge in [-0.05, 0) is 36.2 Å². The number of primary amides is 1. The highest BCUT2D eigenvalue weighted by Crippen LogP contribution is 2.36. The van der Waals surface area contributed by atoms with Crippen LogP contribution in [0.15, 0.2) is 65.0 Å². The Balaban J connectivity index is 1.69. The van der Waals surface area contributed by atoms with Crippen LogP contribution < -0.4 is 11.1 Å². The molecule has 0 unspecified atom stereocenters. The fraction of sp³-hybridized carbons (Fsp3) is 0.150. The second-order valence-corrected chi connectivity index (χ2v) is 7.47. The highest BCUT2D eigenvalue weighted by atomic mass is 32.2. The van der Waals surface area contributed by atoms with Gasteiger partial charge < -0.3 is 11.1 Å². The lowest BCUT2D eigenvalue weighted by molar-refractivity contribution is -0.115. The van der Waals surface area contributed by atoms with Crippen molar-refractivity contribution in [2.75, 3.05) is 5.32 Å². The van der Waals surface area contributed by atoms with Crippen LogP contribution in [-0.4, -0.2) is 20.7 Å². The number of anilines is 1. The molecular formula is C20H17F2N5OS. The van der Waals surface area contributed by atoms with Crippen molar-refractivity contribution in [3.8, 4) is 0 Å². The van der Waals surface area contributed by atoms with Crippen molar-refractivity contribution in [2.45, 2.75) is 23.9 Å². The molecule has 148 valence electrons. The van der Waals surface area contributed by atoms with Crippen molar-refractivity contribution in [3.05, 3.63) is 82.6 Å². The number of thioether (sulfide) groups is 1. The van der Waals surface area contributed by atoms with Crippen LogP contribution in [-0.2, 0) is 10.5 Å². The molecule has 3 aromatic rings. The molecule has 1 atom stereocenters. The van der Waals surface area contributed by atoms with Crippen LogP contribution in [0, 0.1) is 11.6 Å². The van der Waals surface area contributed by atoms with Gasteiger partial charge in [0.2, 0.25) is 17.0 Å². The van der Waals surface area contributed by atoms with Gasteiger partial charge in [-0.2, -0.15) is 4.98 Å². The summed E-state index contributed by atoms with van der Waals surface area (Å²) >= 11 is 1.27. The van der Waals surface area contributed by atoms with Crippen molar-refractivity contribution < 1.29 is 13.6 Å². The van der Waals surface area contributed by atoms with E-state index in [4.69, 9.17) is 5.73 Å². The number of allylic oxidation sites excluding steroid dienone is 1. The topological polar surface area (TPSA) is 85.8 Å². The average molecular weight is 413 g/mol. The minimum atomic E-state index is -0.639. The molecule has 0 aliphatic carbocycles. The van der Waals surface area contributed by atoms with Gasteiger partial charge in [0.1, 0.15) is 17.7 Å². The Morgan fingerprint density at radius 3 is 2.62 bits per heavy atom. The maximum atomic E-state index is 13.9. The number of carbonyl (C=O) groups is 1. The maximum absolute atomic E-state index is 13.9. The number of carbonyl (C=O) groups excluding carboxylic acids is 1. The highest BCUT2D eigenvalue weighted by Gasteiger charge is 2.33. The van der Waals surface area contributed by atoms with Crippen molar-refractivity contribution in [3.63, 3.8) is 0 Å². The van der Waals surface area contributed by atoms with Crippen LogP contribution in [0.2, 0.25) is 0 Å². The van der Waals surface area contributed by atoms with Crippen LogP contribution >= 0.6 is 11.8 Å². The van der Waals surface area contributed by atoms with E-state index in [-0.39, 0.29) is 11.6 Å². The number of hydrogen-bond donors (Lipinski definition) is 2. The molecule has 2 heterocycles. The summed E-state index contributed by atoms with van der Waals surface area (Å²) in [4.78, 5) is 16.6. The lowest BCUT2D eigenvalue weighted by Crippen LogP contribution is -2.31.